The molecule has 0 amide bonds. The smallest absolute Gasteiger partial charge is 0.293 e. The first-order valence-electron chi connectivity index (χ1n) is 5.93. The Morgan fingerprint density at radius 2 is 2.22 bits per heavy atom. The highest BCUT2D eigenvalue weighted by Gasteiger charge is 2.28. The molecule has 0 spiro atoms. The fourth-order valence-electron chi connectivity index (χ4n) is 2.03. The minimum Gasteiger partial charge on any atom is -0.362 e. The molecule has 1 aliphatic heterocycles. The third-order valence-corrected chi connectivity index (χ3v) is 4.77. The lowest BCUT2D eigenvalue weighted by molar-refractivity contribution is 0.574. The molecule has 0 aromatic carbocycles. The molecule has 2 rings (SSSR count). The lowest BCUT2D eigenvalue weighted by Crippen LogP contribution is -2.30. The van der Waals surface area contributed by atoms with Crippen LogP contribution in [0.4, 0.5) is 5.82 Å². The van der Waals surface area contributed by atoms with Gasteiger partial charge >= 0.3 is 0 Å². The summed E-state index contributed by atoms with van der Waals surface area (Å²) in [6.45, 7) is 3.82. The van der Waals surface area contributed by atoms with Crippen molar-refractivity contribution in [2.24, 2.45) is 0 Å². The van der Waals surface area contributed by atoms with E-state index in [2.05, 4.69) is 10.3 Å². The summed E-state index contributed by atoms with van der Waals surface area (Å²) in [6, 6.07) is -0.161. The van der Waals surface area contributed by atoms with E-state index in [1.165, 1.54) is 0 Å². The molecule has 0 aliphatic carbocycles. The van der Waals surface area contributed by atoms with E-state index in [9.17, 15) is 13.2 Å². The summed E-state index contributed by atoms with van der Waals surface area (Å²) in [7, 11) is -2.95. The van der Waals surface area contributed by atoms with Crippen LogP contribution in [-0.2, 0) is 9.84 Å². The molecule has 6 nitrogen and oxygen atoms in total. The third kappa shape index (κ3) is 2.72. The number of hydrogen-bond acceptors (Lipinski definition) is 5. The zero-order valence-electron chi connectivity index (χ0n) is 10.5. The molecule has 1 N–H and O–H groups in total. The summed E-state index contributed by atoms with van der Waals surface area (Å²) >= 11 is 0. The molecule has 1 atom stereocenters. The molecular weight excluding hydrogens is 254 g/mol. The van der Waals surface area contributed by atoms with Crippen LogP contribution in [0.15, 0.2) is 17.2 Å². The van der Waals surface area contributed by atoms with Crippen molar-refractivity contribution in [3.63, 3.8) is 0 Å². The van der Waals surface area contributed by atoms with Crippen molar-refractivity contribution < 1.29 is 8.42 Å². The van der Waals surface area contributed by atoms with Gasteiger partial charge in [0.05, 0.1) is 11.5 Å². The summed E-state index contributed by atoms with van der Waals surface area (Å²) < 4.78 is 24.3. The molecule has 1 aromatic heterocycles. The largest absolute Gasteiger partial charge is 0.362 e. The lowest BCUT2D eigenvalue weighted by atomic mass is 10.2. The summed E-state index contributed by atoms with van der Waals surface area (Å²) in [4.78, 5) is 16.0. The first kappa shape index (κ1) is 13.1. The Hall–Kier alpha value is -1.37. The highest BCUT2D eigenvalue weighted by Crippen LogP contribution is 2.14. The zero-order valence-corrected chi connectivity index (χ0v) is 11.3. The third-order valence-electron chi connectivity index (χ3n) is 3.00. The number of anilines is 1. The second-order valence-corrected chi connectivity index (χ2v) is 7.06. The van der Waals surface area contributed by atoms with Crippen LogP contribution in [0, 0.1) is 0 Å². The van der Waals surface area contributed by atoms with Gasteiger partial charge in [-0.15, -0.1) is 0 Å². The van der Waals surface area contributed by atoms with Crippen molar-refractivity contribution in [3.05, 3.63) is 22.7 Å². The lowest BCUT2D eigenvalue weighted by Gasteiger charge is -2.14. The molecule has 7 heteroatoms. The van der Waals surface area contributed by atoms with Crippen LogP contribution in [-0.4, -0.2) is 35.5 Å². The Morgan fingerprint density at radius 3 is 2.78 bits per heavy atom. The van der Waals surface area contributed by atoms with Crippen molar-refractivity contribution in [1.29, 1.82) is 0 Å². The van der Waals surface area contributed by atoms with E-state index in [4.69, 9.17) is 0 Å². The quantitative estimate of drug-likeness (QED) is 0.862. The van der Waals surface area contributed by atoms with E-state index in [1.54, 1.807) is 17.0 Å². The van der Waals surface area contributed by atoms with Gasteiger partial charge in [-0.2, -0.15) is 0 Å². The Labute approximate surface area is 106 Å². The van der Waals surface area contributed by atoms with E-state index in [-0.39, 0.29) is 35.0 Å². The Balaban J connectivity index is 2.21. The van der Waals surface area contributed by atoms with Gasteiger partial charge in [0.2, 0.25) is 0 Å². The normalized spacial score (nSPS) is 22.3. The van der Waals surface area contributed by atoms with Gasteiger partial charge in [-0.3, -0.25) is 4.79 Å². The number of hydrogen-bond donors (Lipinski definition) is 1. The van der Waals surface area contributed by atoms with Crippen LogP contribution in [0.1, 0.15) is 26.3 Å². The molecule has 2 heterocycles. The molecule has 1 aromatic rings. The van der Waals surface area contributed by atoms with Gasteiger partial charge in [0, 0.05) is 24.5 Å². The van der Waals surface area contributed by atoms with Gasteiger partial charge in [0.25, 0.3) is 5.56 Å². The SMILES string of the molecule is CC(C)n1ccnc(NC2CCS(=O)(=O)C2)c1=O. The van der Waals surface area contributed by atoms with Crippen LogP contribution < -0.4 is 10.9 Å². The number of rotatable bonds is 3. The van der Waals surface area contributed by atoms with Crippen LogP contribution >= 0.6 is 0 Å². The molecule has 1 fully saturated rings. The molecule has 0 saturated carbocycles. The zero-order chi connectivity index (χ0) is 13.3. The van der Waals surface area contributed by atoms with Gasteiger partial charge in [0.1, 0.15) is 0 Å². The molecule has 1 aliphatic rings. The fraction of sp³-hybridized carbons (Fsp3) is 0.636. The summed E-state index contributed by atoms with van der Waals surface area (Å²) in [5.74, 6) is 0.480. The number of nitrogens with one attached hydrogen (secondary N) is 1. The second kappa shape index (κ2) is 4.72. The first-order chi connectivity index (χ1) is 8.39. The van der Waals surface area contributed by atoms with E-state index in [0.29, 0.717) is 6.42 Å². The van der Waals surface area contributed by atoms with E-state index in [0.717, 1.165) is 0 Å². The minimum atomic E-state index is -2.95. The fourth-order valence-corrected chi connectivity index (χ4v) is 3.71. The molecule has 18 heavy (non-hydrogen) atoms. The Morgan fingerprint density at radius 1 is 1.50 bits per heavy atom. The summed E-state index contributed by atoms with van der Waals surface area (Å²) in [5.41, 5.74) is -0.211. The summed E-state index contributed by atoms with van der Waals surface area (Å²) in [5, 5.41) is 2.94. The molecule has 0 radical (unpaired) electrons. The predicted molar refractivity (Wildman–Crippen MR) is 69.6 cm³/mol. The molecule has 0 bridgehead atoms. The van der Waals surface area contributed by atoms with Crippen LogP contribution in [0.2, 0.25) is 0 Å². The van der Waals surface area contributed by atoms with Crippen molar-refractivity contribution in [3.8, 4) is 0 Å². The average molecular weight is 271 g/mol. The second-order valence-electron chi connectivity index (χ2n) is 4.83. The highest BCUT2D eigenvalue weighted by atomic mass is 32.2. The monoisotopic (exact) mass is 271 g/mol. The van der Waals surface area contributed by atoms with Crippen LogP contribution in [0.25, 0.3) is 0 Å². The molecule has 1 saturated heterocycles. The van der Waals surface area contributed by atoms with Gasteiger partial charge in [-0.25, -0.2) is 13.4 Å². The van der Waals surface area contributed by atoms with Gasteiger partial charge in [-0.05, 0) is 20.3 Å². The highest BCUT2D eigenvalue weighted by molar-refractivity contribution is 7.91. The Bertz CT molecular complexity index is 592. The standard InChI is InChI=1S/C11H17N3O3S/c1-8(2)14-5-4-12-10(11(14)15)13-9-3-6-18(16,17)7-9/h4-5,8-9H,3,6-7H2,1-2H3,(H,12,13). The van der Waals surface area contributed by atoms with E-state index >= 15 is 0 Å². The van der Waals surface area contributed by atoms with Crippen molar-refractivity contribution in [1.82, 2.24) is 9.55 Å². The maximum atomic E-state index is 12.0. The Kier molecular flexibility index (Phi) is 3.43. The first-order valence-corrected chi connectivity index (χ1v) is 7.75. The topological polar surface area (TPSA) is 81.1 Å². The minimum absolute atomic E-state index is 0.0494. The van der Waals surface area contributed by atoms with E-state index in [1.807, 2.05) is 13.8 Å². The maximum absolute atomic E-state index is 12.0. The van der Waals surface area contributed by atoms with Crippen molar-refractivity contribution in [2.75, 3.05) is 16.8 Å². The maximum Gasteiger partial charge on any atom is 0.293 e. The van der Waals surface area contributed by atoms with E-state index < -0.39 is 9.84 Å². The number of nitrogens with zero attached hydrogens (tertiary/aromatic N) is 2. The molecule has 1 unspecified atom stereocenters. The molecule has 100 valence electrons. The average Bonchev–Trinajstić information content (AvgIpc) is 2.61. The summed E-state index contributed by atoms with van der Waals surface area (Å²) in [6.07, 6.45) is 3.71. The van der Waals surface area contributed by atoms with Gasteiger partial charge < -0.3 is 9.88 Å². The van der Waals surface area contributed by atoms with Crippen LogP contribution in [0.3, 0.4) is 0 Å². The van der Waals surface area contributed by atoms with Crippen molar-refractivity contribution in [2.45, 2.75) is 32.4 Å². The van der Waals surface area contributed by atoms with Crippen LogP contribution in [0.5, 0.6) is 0 Å². The van der Waals surface area contributed by atoms with Gasteiger partial charge in [-0.1, -0.05) is 0 Å². The number of aromatic nitrogens is 2. The van der Waals surface area contributed by atoms with Gasteiger partial charge in [0.15, 0.2) is 15.7 Å². The molecular formula is C11H17N3O3S. The predicted octanol–water partition coefficient (Wildman–Crippen LogP) is 0.423. The number of sulfone groups is 1. The van der Waals surface area contributed by atoms with Crippen molar-refractivity contribution >= 4 is 15.7 Å².